The fourth-order valence-electron chi connectivity index (χ4n) is 3.69. The quantitative estimate of drug-likeness (QED) is 0.489. The van der Waals surface area contributed by atoms with Crippen molar-refractivity contribution in [1.29, 1.82) is 0 Å². The van der Waals surface area contributed by atoms with Gasteiger partial charge in [0.05, 0.1) is 12.3 Å². The summed E-state index contributed by atoms with van der Waals surface area (Å²) in [5.41, 5.74) is 1.72. The highest BCUT2D eigenvalue weighted by atomic mass is 35.5. The molecule has 3 aromatic rings. The van der Waals surface area contributed by atoms with Crippen molar-refractivity contribution in [2.45, 2.75) is 37.5 Å². The zero-order valence-corrected chi connectivity index (χ0v) is 19.2. The van der Waals surface area contributed by atoms with E-state index < -0.39 is 0 Å². The van der Waals surface area contributed by atoms with Crippen molar-refractivity contribution in [3.05, 3.63) is 70.8 Å². The number of hydrogen-bond acceptors (Lipinski definition) is 5. The molecule has 6 nitrogen and oxygen atoms in total. The SMILES string of the molecule is O=C(CSc1nnc(CN2CCCCC2)n1-c1ccc(F)cc1)NCc1cccc(Cl)c1. The van der Waals surface area contributed by atoms with Crippen LogP contribution in [-0.4, -0.2) is 44.4 Å². The van der Waals surface area contributed by atoms with Crippen LogP contribution in [0.4, 0.5) is 4.39 Å². The molecular formula is C23H25ClFN5OS. The van der Waals surface area contributed by atoms with E-state index in [2.05, 4.69) is 20.4 Å². The molecule has 2 aromatic carbocycles. The minimum atomic E-state index is -0.297. The Bertz CT molecular complexity index is 1050. The van der Waals surface area contributed by atoms with E-state index in [1.165, 1.54) is 43.2 Å². The Morgan fingerprint density at radius 2 is 1.88 bits per heavy atom. The van der Waals surface area contributed by atoms with Crippen LogP contribution in [0.2, 0.25) is 5.02 Å². The van der Waals surface area contributed by atoms with Gasteiger partial charge in [0.25, 0.3) is 0 Å². The van der Waals surface area contributed by atoms with Gasteiger partial charge in [-0.3, -0.25) is 14.3 Å². The third-order valence-corrected chi connectivity index (χ3v) is 6.47. The van der Waals surface area contributed by atoms with Gasteiger partial charge < -0.3 is 5.32 Å². The Balaban J connectivity index is 1.44. The molecule has 9 heteroatoms. The normalized spacial score (nSPS) is 14.4. The molecule has 0 saturated carbocycles. The lowest BCUT2D eigenvalue weighted by atomic mass is 10.1. The zero-order chi connectivity index (χ0) is 22.3. The number of nitrogens with zero attached hydrogens (tertiary/aromatic N) is 4. The number of rotatable bonds is 8. The van der Waals surface area contributed by atoms with Gasteiger partial charge in [0.15, 0.2) is 11.0 Å². The van der Waals surface area contributed by atoms with Gasteiger partial charge >= 0.3 is 0 Å². The number of thioether (sulfide) groups is 1. The molecule has 2 heterocycles. The Morgan fingerprint density at radius 1 is 1.09 bits per heavy atom. The molecule has 32 heavy (non-hydrogen) atoms. The predicted molar refractivity (Wildman–Crippen MR) is 124 cm³/mol. The summed E-state index contributed by atoms with van der Waals surface area (Å²) in [5.74, 6) is 0.583. The third kappa shape index (κ3) is 6.09. The van der Waals surface area contributed by atoms with Gasteiger partial charge in [0, 0.05) is 17.3 Å². The molecule has 0 unspecified atom stereocenters. The third-order valence-electron chi connectivity index (χ3n) is 5.31. The maximum absolute atomic E-state index is 13.5. The largest absolute Gasteiger partial charge is 0.351 e. The molecule has 0 bridgehead atoms. The summed E-state index contributed by atoms with van der Waals surface area (Å²) in [6.45, 7) is 3.14. The first-order valence-electron chi connectivity index (χ1n) is 10.6. The number of benzene rings is 2. The van der Waals surface area contributed by atoms with Gasteiger partial charge in [0.1, 0.15) is 5.82 Å². The van der Waals surface area contributed by atoms with Gasteiger partial charge in [-0.05, 0) is 67.9 Å². The summed E-state index contributed by atoms with van der Waals surface area (Å²) in [4.78, 5) is 14.8. The molecule has 1 aliphatic rings. The standard InChI is InChI=1S/C23H25ClFN5OS/c24-18-6-4-5-17(13-18)14-26-22(31)16-32-23-28-27-21(15-29-11-2-1-3-12-29)30(23)20-9-7-19(25)8-10-20/h4-10,13H,1-3,11-12,14-16H2,(H,26,31). The number of piperidine rings is 1. The Morgan fingerprint density at radius 3 is 2.62 bits per heavy atom. The van der Waals surface area contributed by atoms with E-state index in [-0.39, 0.29) is 17.5 Å². The molecule has 1 aromatic heterocycles. The average Bonchev–Trinajstić information content (AvgIpc) is 3.20. The molecule has 168 valence electrons. The van der Waals surface area contributed by atoms with E-state index in [0.29, 0.717) is 23.3 Å². The first-order valence-corrected chi connectivity index (χ1v) is 12.0. The highest BCUT2D eigenvalue weighted by Crippen LogP contribution is 2.24. The minimum Gasteiger partial charge on any atom is -0.351 e. The molecule has 0 spiro atoms. The van der Waals surface area contributed by atoms with E-state index in [1.807, 2.05) is 22.8 Å². The summed E-state index contributed by atoms with van der Waals surface area (Å²) < 4.78 is 15.4. The maximum atomic E-state index is 13.5. The average molecular weight is 474 g/mol. The van der Waals surface area contributed by atoms with Gasteiger partial charge in [-0.1, -0.05) is 41.9 Å². The van der Waals surface area contributed by atoms with Crippen molar-refractivity contribution in [3.63, 3.8) is 0 Å². The number of amides is 1. The molecule has 1 N–H and O–H groups in total. The predicted octanol–water partition coefficient (Wildman–Crippen LogP) is 4.45. The Kier molecular flexibility index (Phi) is 7.78. The van der Waals surface area contributed by atoms with Crippen LogP contribution in [0.1, 0.15) is 30.7 Å². The summed E-state index contributed by atoms with van der Waals surface area (Å²) in [6, 6.07) is 13.7. The molecule has 1 aliphatic heterocycles. The Hall–Kier alpha value is -2.42. The summed E-state index contributed by atoms with van der Waals surface area (Å²) in [7, 11) is 0. The smallest absolute Gasteiger partial charge is 0.230 e. The molecule has 4 rings (SSSR count). The topological polar surface area (TPSA) is 63.1 Å². The van der Waals surface area contributed by atoms with E-state index >= 15 is 0 Å². The number of nitrogens with one attached hydrogen (secondary N) is 1. The molecule has 0 atom stereocenters. The highest BCUT2D eigenvalue weighted by Gasteiger charge is 2.19. The monoisotopic (exact) mass is 473 g/mol. The second-order valence-electron chi connectivity index (χ2n) is 7.74. The zero-order valence-electron chi connectivity index (χ0n) is 17.6. The van der Waals surface area contributed by atoms with Crippen LogP contribution in [0.5, 0.6) is 0 Å². The van der Waals surface area contributed by atoms with Crippen molar-refractivity contribution < 1.29 is 9.18 Å². The van der Waals surface area contributed by atoms with Crippen LogP contribution in [0, 0.1) is 5.82 Å². The molecule has 1 amide bonds. The van der Waals surface area contributed by atoms with E-state index in [9.17, 15) is 9.18 Å². The summed E-state index contributed by atoms with van der Waals surface area (Å²) >= 11 is 7.31. The van der Waals surface area contributed by atoms with E-state index in [1.54, 1.807) is 18.2 Å². The number of likely N-dealkylation sites (tertiary alicyclic amines) is 1. The van der Waals surface area contributed by atoms with Gasteiger partial charge in [0.2, 0.25) is 5.91 Å². The number of aromatic nitrogens is 3. The lowest BCUT2D eigenvalue weighted by molar-refractivity contribution is -0.118. The van der Waals surface area contributed by atoms with Gasteiger partial charge in [-0.15, -0.1) is 10.2 Å². The second-order valence-corrected chi connectivity index (χ2v) is 9.12. The number of hydrogen-bond donors (Lipinski definition) is 1. The minimum absolute atomic E-state index is 0.110. The first-order chi connectivity index (χ1) is 15.6. The lowest BCUT2D eigenvalue weighted by Crippen LogP contribution is -2.30. The van der Waals surface area contributed by atoms with Crippen molar-refractivity contribution >= 4 is 29.3 Å². The number of halogens is 2. The van der Waals surface area contributed by atoms with Gasteiger partial charge in [-0.2, -0.15) is 0 Å². The summed E-state index contributed by atoms with van der Waals surface area (Å²) in [6.07, 6.45) is 3.62. The van der Waals surface area contributed by atoms with Crippen molar-refractivity contribution in [3.8, 4) is 5.69 Å². The van der Waals surface area contributed by atoms with E-state index in [0.717, 1.165) is 30.2 Å². The van der Waals surface area contributed by atoms with Crippen LogP contribution >= 0.6 is 23.4 Å². The fraction of sp³-hybridized carbons (Fsp3) is 0.348. The highest BCUT2D eigenvalue weighted by molar-refractivity contribution is 7.99. The molecule has 1 saturated heterocycles. The van der Waals surface area contributed by atoms with Crippen LogP contribution in [0.3, 0.4) is 0 Å². The van der Waals surface area contributed by atoms with Crippen molar-refractivity contribution in [2.75, 3.05) is 18.8 Å². The molecule has 1 fully saturated rings. The molecule has 0 aliphatic carbocycles. The van der Waals surface area contributed by atoms with Gasteiger partial charge in [-0.25, -0.2) is 4.39 Å². The summed E-state index contributed by atoms with van der Waals surface area (Å²) in [5, 5.41) is 12.9. The van der Waals surface area contributed by atoms with Crippen molar-refractivity contribution in [1.82, 2.24) is 25.0 Å². The molecular weight excluding hydrogens is 449 g/mol. The fourth-order valence-corrected chi connectivity index (χ4v) is 4.71. The van der Waals surface area contributed by atoms with Crippen LogP contribution < -0.4 is 5.32 Å². The number of carbonyl (C=O) groups excluding carboxylic acids is 1. The Labute approximate surface area is 196 Å². The van der Waals surface area contributed by atoms with Crippen LogP contribution in [0.25, 0.3) is 5.69 Å². The first kappa shape index (κ1) is 22.8. The van der Waals surface area contributed by atoms with E-state index in [4.69, 9.17) is 11.6 Å². The van der Waals surface area contributed by atoms with Crippen LogP contribution in [0.15, 0.2) is 53.7 Å². The van der Waals surface area contributed by atoms with Crippen LogP contribution in [-0.2, 0) is 17.9 Å². The molecule has 0 radical (unpaired) electrons. The van der Waals surface area contributed by atoms with Crippen molar-refractivity contribution in [2.24, 2.45) is 0 Å². The lowest BCUT2D eigenvalue weighted by Gasteiger charge is -2.26. The number of carbonyl (C=O) groups is 1. The second kappa shape index (κ2) is 10.9. The maximum Gasteiger partial charge on any atom is 0.230 e.